The molecule has 3 aromatic carbocycles. The molecule has 1 unspecified atom stereocenters. The smallest absolute Gasteiger partial charge is 0.254 e. The summed E-state index contributed by atoms with van der Waals surface area (Å²) in [4.78, 5) is 15.6. The molecule has 0 fully saturated rings. The number of carbonyl (C=O) groups is 1. The highest BCUT2D eigenvalue weighted by molar-refractivity contribution is 6.42. The van der Waals surface area contributed by atoms with Crippen molar-refractivity contribution >= 4 is 29.1 Å². The van der Waals surface area contributed by atoms with Gasteiger partial charge in [0.25, 0.3) is 5.91 Å². The summed E-state index contributed by atoms with van der Waals surface area (Å²) in [5, 5.41) is 1.03. The number of aryl methyl sites for hydroxylation is 2. The van der Waals surface area contributed by atoms with Gasteiger partial charge in [-0.2, -0.15) is 0 Å². The molecule has 1 aliphatic rings. The summed E-state index contributed by atoms with van der Waals surface area (Å²) >= 11 is 12.3. The molecule has 0 saturated carbocycles. The van der Waals surface area contributed by atoms with E-state index in [4.69, 9.17) is 23.2 Å². The number of amides is 1. The Kier molecular flexibility index (Phi) is 5.94. The van der Waals surface area contributed by atoms with Crippen LogP contribution >= 0.6 is 23.2 Å². The zero-order valence-electron chi connectivity index (χ0n) is 16.4. The third-order valence-electron chi connectivity index (χ3n) is 5.61. The van der Waals surface area contributed by atoms with Gasteiger partial charge in [0, 0.05) is 12.1 Å². The standard InChI is InChI=1S/C25H23Cl2NO/c1-17-9-12-20(13-10-17)25(29)28(16-18-11-14-22(26)23(27)15-18)24-8-4-6-19-5-2-3-7-21(19)24/h2-3,5,7,9-15,24H,4,6,8,16H2,1H3. The summed E-state index contributed by atoms with van der Waals surface area (Å²) in [5.41, 5.74) is 5.40. The highest BCUT2D eigenvalue weighted by Gasteiger charge is 2.30. The van der Waals surface area contributed by atoms with Crippen LogP contribution < -0.4 is 0 Å². The molecule has 0 bridgehead atoms. The van der Waals surface area contributed by atoms with Crippen LogP contribution in [0.4, 0.5) is 0 Å². The highest BCUT2D eigenvalue weighted by Crippen LogP contribution is 2.36. The number of fused-ring (bicyclic) bond motifs is 1. The summed E-state index contributed by atoms with van der Waals surface area (Å²) in [7, 11) is 0. The first-order valence-electron chi connectivity index (χ1n) is 9.92. The molecule has 0 heterocycles. The van der Waals surface area contributed by atoms with Crippen molar-refractivity contribution in [1.29, 1.82) is 0 Å². The maximum absolute atomic E-state index is 13.6. The minimum atomic E-state index is 0.0396. The van der Waals surface area contributed by atoms with Crippen LogP contribution in [0.15, 0.2) is 66.7 Å². The molecule has 4 heteroatoms. The topological polar surface area (TPSA) is 20.3 Å². The first kappa shape index (κ1) is 20.0. The van der Waals surface area contributed by atoms with Crippen LogP contribution in [0.2, 0.25) is 10.0 Å². The first-order valence-corrected chi connectivity index (χ1v) is 10.7. The lowest BCUT2D eigenvalue weighted by molar-refractivity contribution is 0.0638. The Morgan fingerprint density at radius 2 is 1.76 bits per heavy atom. The maximum Gasteiger partial charge on any atom is 0.254 e. The zero-order chi connectivity index (χ0) is 20.4. The lowest BCUT2D eigenvalue weighted by atomic mass is 9.86. The number of halogens is 2. The molecular formula is C25H23Cl2NO. The highest BCUT2D eigenvalue weighted by atomic mass is 35.5. The molecule has 0 spiro atoms. The van der Waals surface area contributed by atoms with Crippen LogP contribution in [0.5, 0.6) is 0 Å². The Morgan fingerprint density at radius 1 is 1.00 bits per heavy atom. The first-order chi connectivity index (χ1) is 14.0. The Balaban J connectivity index is 1.73. The molecule has 1 amide bonds. The number of rotatable bonds is 4. The molecule has 148 valence electrons. The van der Waals surface area contributed by atoms with E-state index in [1.54, 1.807) is 6.07 Å². The van der Waals surface area contributed by atoms with Crippen LogP contribution in [-0.4, -0.2) is 10.8 Å². The molecule has 1 aliphatic carbocycles. The van der Waals surface area contributed by atoms with Crippen LogP contribution in [0.3, 0.4) is 0 Å². The fourth-order valence-electron chi connectivity index (χ4n) is 4.07. The minimum absolute atomic E-state index is 0.0396. The van der Waals surface area contributed by atoms with E-state index >= 15 is 0 Å². The third-order valence-corrected chi connectivity index (χ3v) is 6.35. The van der Waals surface area contributed by atoms with Crippen molar-refractivity contribution in [2.75, 3.05) is 0 Å². The fraction of sp³-hybridized carbons (Fsp3) is 0.240. The van der Waals surface area contributed by atoms with Crippen LogP contribution in [-0.2, 0) is 13.0 Å². The van der Waals surface area contributed by atoms with E-state index in [9.17, 15) is 4.79 Å². The van der Waals surface area contributed by atoms with Crippen molar-refractivity contribution < 1.29 is 4.79 Å². The van der Waals surface area contributed by atoms with Gasteiger partial charge in [0.15, 0.2) is 0 Å². The Labute approximate surface area is 182 Å². The van der Waals surface area contributed by atoms with Crippen molar-refractivity contribution in [2.24, 2.45) is 0 Å². The van der Waals surface area contributed by atoms with Gasteiger partial charge >= 0.3 is 0 Å². The van der Waals surface area contributed by atoms with Gasteiger partial charge in [-0.1, -0.05) is 71.2 Å². The molecule has 0 aliphatic heterocycles. The average molecular weight is 424 g/mol. The SMILES string of the molecule is Cc1ccc(C(=O)N(Cc2ccc(Cl)c(Cl)c2)C2CCCc3ccccc32)cc1. The molecule has 2 nitrogen and oxygen atoms in total. The van der Waals surface area contributed by atoms with Crippen LogP contribution in [0.25, 0.3) is 0 Å². The Hall–Kier alpha value is -2.29. The second-order valence-electron chi connectivity index (χ2n) is 7.65. The van der Waals surface area contributed by atoms with Crippen molar-refractivity contribution in [3.8, 4) is 0 Å². The Morgan fingerprint density at radius 3 is 2.52 bits per heavy atom. The van der Waals surface area contributed by atoms with E-state index in [1.165, 1.54) is 11.1 Å². The number of carbonyl (C=O) groups excluding carboxylic acids is 1. The van der Waals surface area contributed by atoms with Crippen molar-refractivity contribution in [3.63, 3.8) is 0 Å². The predicted octanol–water partition coefficient (Wildman–Crippen LogP) is 7.02. The molecule has 0 aromatic heterocycles. The largest absolute Gasteiger partial charge is 0.327 e. The van der Waals surface area contributed by atoms with Gasteiger partial charge in [-0.3, -0.25) is 4.79 Å². The Bertz CT molecular complexity index is 1030. The van der Waals surface area contributed by atoms with Gasteiger partial charge in [0.1, 0.15) is 0 Å². The second kappa shape index (κ2) is 8.61. The molecule has 0 saturated heterocycles. The molecule has 0 radical (unpaired) electrons. The van der Waals surface area contributed by atoms with Crippen LogP contribution in [0, 0.1) is 6.92 Å². The van der Waals surface area contributed by atoms with Gasteiger partial charge in [-0.25, -0.2) is 0 Å². The third kappa shape index (κ3) is 4.34. The molecule has 3 aromatic rings. The van der Waals surface area contributed by atoms with Gasteiger partial charge < -0.3 is 4.90 Å². The van der Waals surface area contributed by atoms with E-state index in [1.807, 2.05) is 48.2 Å². The monoisotopic (exact) mass is 423 g/mol. The minimum Gasteiger partial charge on any atom is -0.327 e. The van der Waals surface area contributed by atoms with Crippen molar-refractivity contribution in [3.05, 3.63) is 105 Å². The number of benzene rings is 3. The van der Waals surface area contributed by atoms with Gasteiger partial charge in [0.05, 0.1) is 16.1 Å². The molecule has 4 rings (SSSR count). The maximum atomic E-state index is 13.6. The van der Waals surface area contributed by atoms with E-state index in [2.05, 4.69) is 24.3 Å². The van der Waals surface area contributed by atoms with Gasteiger partial charge in [-0.05, 0) is 67.1 Å². The van der Waals surface area contributed by atoms with Crippen molar-refractivity contribution in [1.82, 2.24) is 4.90 Å². The lowest BCUT2D eigenvalue weighted by Gasteiger charge is -2.36. The molecule has 29 heavy (non-hydrogen) atoms. The summed E-state index contributed by atoms with van der Waals surface area (Å²) in [6.45, 7) is 2.52. The van der Waals surface area contributed by atoms with Crippen molar-refractivity contribution in [2.45, 2.75) is 38.8 Å². The van der Waals surface area contributed by atoms with E-state index in [-0.39, 0.29) is 11.9 Å². The normalized spacial score (nSPS) is 15.6. The lowest BCUT2D eigenvalue weighted by Crippen LogP contribution is -2.36. The number of nitrogens with zero attached hydrogens (tertiary/aromatic N) is 1. The van der Waals surface area contributed by atoms with Gasteiger partial charge in [0.2, 0.25) is 0 Å². The molecule has 0 N–H and O–H groups in total. The van der Waals surface area contributed by atoms with E-state index in [0.29, 0.717) is 22.2 Å². The average Bonchev–Trinajstić information content (AvgIpc) is 2.74. The quantitative estimate of drug-likeness (QED) is 0.441. The summed E-state index contributed by atoms with van der Waals surface area (Å²) in [6, 6.07) is 21.9. The van der Waals surface area contributed by atoms with Crippen LogP contribution in [0.1, 0.15) is 51.5 Å². The van der Waals surface area contributed by atoms with E-state index < -0.39 is 0 Å². The zero-order valence-corrected chi connectivity index (χ0v) is 17.9. The van der Waals surface area contributed by atoms with E-state index in [0.717, 1.165) is 30.4 Å². The molecular weight excluding hydrogens is 401 g/mol. The second-order valence-corrected chi connectivity index (χ2v) is 8.47. The molecule has 1 atom stereocenters. The summed E-state index contributed by atoms with van der Waals surface area (Å²) in [6.07, 6.45) is 3.09. The number of hydrogen-bond acceptors (Lipinski definition) is 1. The summed E-state index contributed by atoms with van der Waals surface area (Å²) < 4.78 is 0. The number of hydrogen-bond donors (Lipinski definition) is 0. The predicted molar refractivity (Wildman–Crippen MR) is 120 cm³/mol. The summed E-state index contributed by atoms with van der Waals surface area (Å²) in [5.74, 6) is 0.0396. The van der Waals surface area contributed by atoms with Gasteiger partial charge in [-0.15, -0.1) is 0 Å². The fourth-order valence-corrected chi connectivity index (χ4v) is 4.39.